The van der Waals surface area contributed by atoms with Crippen LogP contribution in [0.25, 0.3) is 11.0 Å². The SMILES string of the molecule is CC(O)CSNC1CC(N(C)c2ncnc3[nH]ccc23)C1. The topological polar surface area (TPSA) is 77.1 Å². The molecule has 0 aromatic carbocycles. The molecule has 2 aromatic heterocycles. The van der Waals surface area contributed by atoms with E-state index >= 15 is 0 Å². The molecular formula is C14H21N5OS. The van der Waals surface area contributed by atoms with Gasteiger partial charge in [0.05, 0.1) is 11.5 Å². The molecule has 114 valence electrons. The molecule has 2 aromatic rings. The maximum Gasteiger partial charge on any atom is 0.142 e. The first-order valence-corrected chi connectivity index (χ1v) is 8.20. The second-order valence-corrected chi connectivity index (χ2v) is 6.51. The Balaban J connectivity index is 1.56. The van der Waals surface area contributed by atoms with E-state index < -0.39 is 0 Å². The van der Waals surface area contributed by atoms with E-state index in [1.165, 1.54) is 0 Å². The van der Waals surface area contributed by atoms with Gasteiger partial charge in [-0.3, -0.25) is 4.72 Å². The average molecular weight is 307 g/mol. The van der Waals surface area contributed by atoms with Crippen LogP contribution in [0.5, 0.6) is 0 Å². The van der Waals surface area contributed by atoms with Gasteiger partial charge in [-0.1, -0.05) is 11.9 Å². The molecule has 0 bridgehead atoms. The van der Waals surface area contributed by atoms with Crippen LogP contribution in [0.3, 0.4) is 0 Å². The first-order valence-electron chi connectivity index (χ1n) is 7.21. The zero-order valence-electron chi connectivity index (χ0n) is 12.3. The summed E-state index contributed by atoms with van der Waals surface area (Å²) in [5.41, 5.74) is 0.883. The van der Waals surface area contributed by atoms with Gasteiger partial charge in [0, 0.05) is 31.1 Å². The quantitative estimate of drug-likeness (QED) is 0.703. The van der Waals surface area contributed by atoms with Crippen molar-refractivity contribution in [1.29, 1.82) is 0 Å². The fourth-order valence-corrected chi connectivity index (χ4v) is 3.37. The maximum atomic E-state index is 9.24. The van der Waals surface area contributed by atoms with Crippen molar-refractivity contribution < 1.29 is 5.11 Å². The first kappa shape index (κ1) is 14.6. The molecule has 0 aliphatic heterocycles. The van der Waals surface area contributed by atoms with Gasteiger partial charge in [-0.25, -0.2) is 9.97 Å². The highest BCUT2D eigenvalue weighted by Gasteiger charge is 2.33. The molecule has 1 fully saturated rings. The number of hydrogen-bond donors (Lipinski definition) is 3. The molecular weight excluding hydrogens is 286 g/mol. The van der Waals surface area contributed by atoms with Crippen molar-refractivity contribution in [3.05, 3.63) is 18.6 Å². The molecule has 1 saturated carbocycles. The first-order chi connectivity index (χ1) is 10.1. The van der Waals surface area contributed by atoms with Gasteiger partial charge < -0.3 is 15.0 Å². The Bertz CT molecular complexity index is 596. The summed E-state index contributed by atoms with van der Waals surface area (Å²) in [4.78, 5) is 14.0. The number of fused-ring (bicyclic) bond motifs is 1. The van der Waals surface area contributed by atoms with E-state index in [1.54, 1.807) is 18.3 Å². The second kappa shape index (κ2) is 6.21. The molecule has 3 N–H and O–H groups in total. The minimum absolute atomic E-state index is 0.260. The number of anilines is 1. The van der Waals surface area contributed by atoms with E-state index in [1.807, 2.05) is 19.2 Å². The van der Waals surface area contributed by atoms with Crippen molar-refractivity contribution >= 4 is 28.8 Å². The molecule has 21 heavy (non-hydrogen) atoms. The summed E-state index contributed by atoms with van der Waals surface area (Å²) in [6.07, 6.45) is 5.44. The Morgan fingerprint density at radius 2 is 2.33 bits per heavy atom. The molecule has 6 nitrogen and oxygen atoms in total. The molecule has 0 saturated heterocycles. The van der Waals surface area contributed by atoms with Crippen LogP contribution < -0.4 is 9.62 Å². The number of nitrogens with one attached hydrogen (secondary N) is 2. The van der Waals surface area contributed by atoms with Crippen molar-refractivity contribution in [2.24, 2.45) is 0 Å². The second-order valence-electron chi connectivity index (χ2n) is 5.65. The molecule has 0 amide bonds. The van der Waals surface area contributed by atoms with Crippen molar-refractivity contribution in [2.45, 2.75) is 38.0 Å². The fourth-order valence-electron chi connectivity index (χ4n) is 2.60. The monoisotopic (exact) mass is 307 g/mol. The average Bonchev–Trinajstić information content (AvgIpc) is 2.88. The molecule has 3 rings (SSSR count). The van der Waals surface area contributed by atoms with E-state index in [9.17, 15) is 5.11 Å². The zero-order chi connectivity index (χ0) is 14.8. The van der Waals surface area contributed by atoms with Gasteiger partial charge in [-0.15, -0.1) is 0 Å². The number of hydrogen-bond acceptors (Lipinski definition) is 6. The fraction of sp³-hybridized carbons (Fsp3) is 0.571. The molecule has 1 aliphatic rings. The summed E-state index contributed by atoms with van der Waals surface area (Å²) >= 11 is 1.61. The van der Waals surface area contributed by atoms with Gasteiger partial charge >= 0.3 is 0 Å². The van der Waals surface area contributed by atoms with Crippen LogP contribution in [0.1, 0.15) is 19.8 Å². The standard InChI is InChI=1S/C14H21N5OS/c1-9(20)7-21-18-10-5-11(6-10)19(2)14-12-3-4-15-13(12)16-8-17-14/h3-4,8-11,18,20H,5-7H2,1-2H3,(H,15,16,17). The highest BCUT2D eigenvalue weighted by molar-refractivity contribution is 7.97. The lowest BCUT2D eigenvalue weighted by Crippen LogP contribution is -2.50. The van der Waals surface area contributed by atoms with Gasteiger partial charge in [0.15, 0.2) is 0 Å². The van der Waals surface area contributed by atoms with E-state index in [0.717, 1.165) is 35.4 Å². The zero-order valence-corrected chi connectivity index (χ0v) is 13.1. The van der Waals surface area contributed by atoms with Crippen LogP contribution in [-0.2, 0) is 0 Å². The van der Waals surface area contributed by atoms with Gasteiger partial charge in [-0.2, -0.15) is 0 Å². The number of nitrogens with zero attached hydrogens (tertiary/aromatic N) is 3. The van der Waals surface area contributed by atoms with E-state index in [4.69, 9.17) is 0 Å². The predicted molar refractivity (Wildman–Crippen MR) is 86.4 cm³/mol. The number of aliphatic hydroxyl groups is 1. The van der Waals surface area contributed by atoms with Crippen LogP contribution in [0.4, 0.5) is 5.82 Å². The third-order valence-electron chi connectivity index (χ3n) is 3.90. The maximum absolute atomic E-state index is 9.24. The molecule has 0 spiro atoms. The Morgan fingerprint density at radius 3 is 3.10 bits per heavy atom. The third kappa shape index (κ3) is 3.14. The number of rotatable bonds is 6. The summed E-state index contributed by atoms with van der Waals surface area (Å²) < 4.78 is 3.41. The normalized spacial score (nSPS) is 23.0. The lowest BCUT2D eigenvalue weighted by Gasteiger charge is -2.42. The van der Waals surface area contributed by atoms with Crippen LogP contribution >= 0.6 is 11.9 Å². The highest BCUT2D eigenvalue weighted by Crippen LogP contribution is 2.31. The lowest BCUT2D eigenvalue weighted by molar-refractivity contribution is 0.220. The number of H-pyrrole nitrogens is 1. The van der Waals surface area contributed by atoms with Crippen LogP contribution in [0.15, 0.2) is 18.6 Å². The number of aromatic nitrogens is 3. The summed E-state index contributed by atoms with van der Waals surface area (Å²) in [5.74, 6) is 1.72. The number of aromatic amines is 1. The number of aliphatic hydroxyl groups excluding tert-OH is 1. The largest absolute Gasteiger partial charge is 0.393 e. The Hall–Kier alpha value is -1.31. The molecule has 0 radical (unpaired) electrons. The van der Waals surface area contributed by atoms with Crippen molar-refractivity contribution in [3.63, 3.8) is 0 Å². The molecule has 1 atom stereocenters. The smallest absolute Gasteiger partial charge is 0.142 e. The minimum Gasteiger partial charge on any atom is -0.393 e. The van der Waals surface area contributed by atoms with Crippen molar-refractivity contribution in [1.82, 2.24) is 19.7 Å². The van der Waals surface area contributed by atoms with Gasteiger partial charge in [-0.05, 0) is 25.8 Å². The lowest BCUT2D eigenvalue weighted by atomic mass is 9.86. The Morgan fingerprint density at radius 1 is 1.52 bits per heavy atom. The van der Waals surface area contributed by atoms with Crippen LogP contribution in [0.2, 0.25) is 0 Å². The molecule has 1 aliphatic carbocycles. The Kier molecular flexibility index (Phi) is 4.32. The summed E-state index contributed by atoms with van der Waals surface area (Å²) in [7, 11) is 2.10. The van der Waals surface area contributed by atoms with Gasteiger partial charge in [0.2, 0.25) is 0 Å². The summed E-state index contributed by atoms with van der Waals surface area (Å²) in [6.45, 7) is 1.81. The minimum atomic E-state index is -0.260. The van der Waals surface area contributed by atoms with E-state index in [2.05, 4.69) is 31.6 Å². The summed E-state index contributed by atoms with van der Waals surface area (Å²) in [6, 6.07) is 3.04. The van der Waals surface area contributed by atoms with Crippen LogP contribution in [0, 0.1) is 0 Å². The third-order valence-corrected chi connectivity index (χ3v) is 5.05. The van der Waals surface area contributed by atoms with Crippen LogP contribution in [-0.4, -0.2) is 51.0 Å². The van der Waals surface area contributed by atoms with Gasteiger partial charge in [0.1, 0.15) is 17.8 Å². The van der Waals surface area contributed by atoms with Gasteiger partial charge in [0.25, 0.3) is 0 Å². The molecule has 2 heterocycles. The van der Waals surface area contributed by atoms with E-state index in [0.29, 0.717) is 12.1 Å². The summed E-state index contributed by atoms with van der Waals surface area (Å²) in [5, 5.41) is 10.3. The highest BCUT2D eigenvalue weighted by atomic mass is 32.2. The van der Waals surface area contributed by atoms with Crippen molar-refractivity contribution in [3.8, 4) is 0 Å². The van der Waals surface area contributed by atoms with E-state index in [-0.39, 0.29) is 6.10 Å². The molecule has 1 unspecified atom stereocenters. The van der Waals surface area contributed by atoms with Crippen molar-refractivity contribution in [2.75, 3.05) is 17.7 Å². The predicted octanol–water partition coefficient (Wildman–Crippen LogP) is 1.54. The molecule has 7 heteroatoms. The Labute approximate surface area is 128 Å².